The van der Waals surface area contributed by atoms with Crippen LogP contribution >= 0.6 is 0 Å². The maximum absolute atomic E-state index is 5.79. The quantitative estimate of drug-likeness (QED) is 0.868. The predicted octanol–water partition coefficient (Wildman–Crippen LogP) is 1.84. The van der Waals surface area contributed by atoms with Crippen molar-refractivity contribution in [1.82, 2.24) is 9.97 Å². The first kappa shape index (κ1) is 15.4. The Morgan fingerprint density at radius 1 is 0.955 bits per heavy atom. The molecule has 0 unspecified atom stereocenters. The number of ether oxygens (including phenoxy) is 3. The zero-order chi connectivity index (χ0) is 16.1. The molecule has 0 radical (unpaired) electrons. The minimum absolute atomic E-state index is 0.141. The lowest BCUT2D eigenvalue weighted by Crippen LogP contribution is -2.00. The van der Waals surface area contributed by atoms with Crippen LogP contribution in [-0.4, -0.2) is 31.3 Å². The van der Waals surface area contributed by atoms with E-state index in [1.165, 1.54) is 0 Å². The number of nitrogens with two attached hydrogens (primary N) is 2. The summed E-state index contributed by atoms with van der Waals surface area (Å²) in [5.41, 5.74) is 12.8. The third kappa shape index (κ3) is 3.20. The molecule has 1 heterocycles. The van der Waals surface area contributed by atoms with E-state index in [0.29, 0.717) is 28.6 Å². The van der Waals surface area contributed by atoms with Gasteiger partial charge >= 0.3 is 0 Å². The Morgan fingerprint density at radius 2 is 1.59 bits per heavy atom. The highest BCUT2D eigenvalue weighted by Crippen LogP contribution is 2.38. The van der Waals surface area contributed by atoms with E-state index in [4.69, 9.17) is 25.7 Å². The van der Waals surface area contributed by atoms with E-state index in [-0.39, 0.29) is 5.95 Å². The second-order valence-electron chi connectivity index (χ2n) is 4.36. The van der Waals surface area contributed by atoms with Crippen LogP contribution in [0, 0.1) is 0 Å². The number of benzene rings is 1. The first-order chi connectivity index (χ1) is 10.6. The van der Waals surface area contributed by atoms with E-state index in [1.807, 2.05) is 18.2 Å². The maximum atomic E-state index is 5.79. The van der Waals surface area contributed by atoms with E-state index in [9.17, 15) is 0 Å². The van der Waals surface area contributed by atoms with Crippen molar-refractivity contribution in [2.24, 2.45) is 0 Å². The first-order valence-electron chi connectivity index (χ1n) is 6.45. The molecule has 0 bridgehead atoms. The van der Waals surface area contributed by atoms with E-state index >= 15 is 0 Å². The molecule has 0 amide bonds. The van der Waals surface area contributed by atoms with Gasteiger partial charge in [0, 0.05) is 11.8 Å². The molecule has 0 atom stereocenters. The molecule has 0 aliphatic carbocycles. The van der Waals surface area contributed by atoms with Gasteiger partial charge in [0.15, 0.2) is 11.5 Å². The summed E-state index contributed by atoms with van der Waals surface area (Å²) in [7, 11) is 4.69. The van der Waals surface area contributed by atoms with Gasteiger partial charge in [-0.25, -0.2) is 4.98 Å². The Balaban J connectivity index is 2.38. The molecule has 7 nitrogen and oxygen atoms in total. The standard InChI is InChI=1S/C15H18N4O3/c1-20-11-6-9(7-12(21-2)13(11)22-3)4-5-10-8-18-15(17)19-14(10)16/h4-8H,1-3H3,(H4,16,17,18,19)/b5-4+. The van der Waals surface area contributed by atoms with Crippen LogP contribution < -0.4 is 25.7 Å². The molecule has 1 aromatic carbocycles. The molecule has 0 aliphatic heterocycles. The molecule has 0 aliphatic rings. The summed E-state index contributed by atoms with van der Waals surface area (Å²) >= 11 is 0. The molecule has 2 aromatic rings. The molecule has 0 spiro atoms. The van der Waals surface area contributed by atoms with Crippen molar-refractivity contribution in [2.45, 2.75) is 0 Å². The van der Waals surface area contributed by atoms with Gasteiger partial charge in [-0.1, -0.05) is 6.08 Å². The van der Waals surface area contributed by atoms with Crippen molar-refractivity contribution >= 4 is 23.9 Å². The molecule has 22 heavy (non-hydrogen) atoms. The highest BCUT2D eigenvalue weighted by Gasteiger charge is 2.12. The van der Waals surface area contributed by atoms with Crippen LogP contribution in [0.3, 0.4) is 0 Å². The maximum Gasteiger partial charge on any atom is 0.221 e. The predicted molar refractivity (Wildman–Crippen MR) is 85.9 cm³/mol. The summed E-state index contributed by atoms with van der Waals surface area (Å²) in [5, 5.41) is 0. The number of rotatable bonds is 5. The van der Waals surface area contributed by atoms with Crippen LogP contribution in [0.1, 0.15) is 11.1 Å². The Labute approximate surface area is 128 Å². The molecule has 2 rings (SSSR count). The largest absolute Gasteiger partial charge is 0.493 e. The molecule has 1 aromatic heterocycles. The number of hydrogen-bond acceptors (Lipinski definition) is 7. The Hall–Kier alpha value is -2.96. The first-order valence-corrected chi connectivity index (χ1v) is 6.45. The molecule has 116 valence electrons. The number of nitrogens with zero attached hydrogens (tertiary/aromatic N) is 2. The number of hydrogen-bond donors (Lipinski definition) is 2. The lowest BCUT2D eigenvalue weighted by molar-refractivity contribution is 0.324. The summed E-state index contributed by atoms with van der Waals surface area (Å²) in [5.74, 6) is 2.14. The average molecular weight is 302 g/mol. The fourth-order valence-corrected chi connectivity index (χ4v) is 1.93. The van der Waals surface area contributed by atoms with Crippen molar-refractivity contribution < 1.29 is 14.2 Å². The third-order valence-electron chi connectivity index (χ3n) is 3.01. The lowest BCUT2D eigenvalue weighted by atomic mass is 10.1. The number of methoxy groups -OCH3 is 3. The molecule has 0 saturated carbocycles. The topological polar surface area (TPSA) is 106 Å². The number of anilines is 2. The third-order valence-corrected chi connectivity index (χ3v) is 3.01. The fourth-order valence-electron chi connectivity index (χ4n) is 1.93. The van der Waals surface area contributed by atoms with Crippen molar-refractivity contribution in [3.63, 3.8) is 0 Å². The average Bonchev–Trinajstić information content (AvgIpc) is 2.52. The number of nitrogen functional groups attached to an aromatic ring is 2. The van der Waals surface area contributed by atoms with Crippen LogP contribution in [0.4, 0.5) is 11.8 Å². The van der Waals surface area contributed by atoms with E-state index in [2.05, 4.69) is 9.97 Å². The van der Waals surface area contributed by atoms with Gasteiger partial charge in [-0.3, -0.25) is 0 Å². The van der Waals surface area contributed by atoms with E-state index in [1.54, 1.807) is 33.6 Å². The lowest BCUT2D eigenvalue weighted by Gasteiger charge is -2.12. The van der Waals surface area contributed by atoms with E-state index < -0.39 is 0 Å². The SMILES string of the molecule is COc1cc(/C=C/c2cnc(N)nc2N)cc(OC)c1OC. The highest BCUT2D eigenvalue weighted by molar-refractivity contribution is 5.76. The highest BCUT2D eigenvalue weighted by atomic mass is 16.5. The summed E-state index contributed by atoms with van der Waals surface area (Å²) < 4.78 is 15.9. The fraction of sp³-hybridized carbons (Fsp3) is 0.200. The molecular weight excluding hydrogens is 284 g/mol. The van der Waals surface area contributed by atoms with Crippen molar-refractivity contribution in [3.05, 3.63) is 29.5 Å². The number of aromatic nitrogens is 2. The van der Waals surface area contributed by atoms with Crippen molar-refractivity contribution in [2.75, 3.05) is 32.8 Å². The zero-order valence-electron chi connectivity index (χ0n) is 12.7. The minimum atomic E-state index is 0.141. The van der Waals surface area contributed by atoms with Gasteiger partial charge in [0.1, 0.15) is 5.82 Å². The normalized spacial score (nSPS) is 10.7. The Bertz CT molecular complexity index is 676. The second kappa shape index (κ2) is 6.66. The van der Waals surface area contributed by atoms with Crippen LogP contribution in [0.5, 0.6) is 17.2 Å². The molecule has 4 N–H and O–H groups in total. The summed E-state index contributed by atoms with van der Waals surface area (Å²) in [6.45, 7) is 0. The Kier molecular flexibility index (Phi) is 4.67. The summed E-state index contributed by atoms with van der Waals surface area (Å²) in [4.78, 5) is 7.82. The van der Waals surface area contributed by atoms with Gasteiger partial charge in [-0.15, -0.1) is 0 Å². The smallest absolute Gasteiger partial charge is 0.221 e. The molecular formula is C15H18N4O3. The summed E-state index contributed by atoms with van der Waals surface area (Å²) in [6.07, 6.45) is 5.19. The Morgan fingerprint density at radius 3 is 2.09 bits per heavy atom. The van der Waals surface area contributed by atoms with Gasteiger partial charge in [0.05, 0.1) is 21.3 Å². The zero-order valence-corrected chi connectivity index (χ0v) is 12.7. The van der Waals surface area contributed by atoms with Gasteiger partial charge < -0.3 is 25.7 Å². The van der Waals surface area contributed by atoms with E-state index in [0.717, 1.165) is 5.56 Å². The van der Waals surface area contributed by atoms with Gasteiger partial charge in [0.2, 0.25) is 11.7 Å². The van der Waals surface area contributed by atoms with Crippen LogP contribution in [0.25, 0.3) is 12.2 Å². The van der Waals surface area contributed by atoms with Crippen LogP contribution in [-0.2, 0) is 0 Å². The van der Waals surface area contributed by atoms with Gasteiger partial charge in [0.25, 0.3) is 0 Å². The van der Waals surface area contributed by atoms with Crippen molar-refractivity contribution in [1.29, 1.82) is 0 Å². The van der Waals surface area contributed by atoms with Gasteiger partial charge in [-0.05, 0) is 23.8 Å². The monoisotopic (exact) mass is 302 g/mol. The second-order valence-corrected chi connectivity index (χ2v) is 4.36. The van der Waals surface area contributed by atoms with Crippen molar-refractivity contribution in [3.8, 4) is 17.2 Å². The molecule has 0 saturated heterocycles. The molecule has 0 fully saturated rings. The van der Waals surface area contributed by atoms with Gasteiger partial charge in [-0.2, -0.15) is 4.98 Å². The van der Waals surface area contributed by atoms with Crippen LogP contribution in [0.2, 0.25) is 0 Å². The molecule has 7 heteroatoms. The minimum Gasteiger partial charge on any atom is -0.493 e. The van der Waals surface area contributed by atoms with Crippen LogP contribution in [0.15, 0.2) is 18.3 Å². The summed E-state index contributed by atoms with van der Waals surface area (Å²) in [6, 6.07) is 3.65.